The highest BCUT2D eigenvalue weighted by Crippen LogP contribution is 2.50. The quantitative estimate of drug-likeness (QED) is 0.173. The van der Waals surface area contributed by atoms with Crippen LogP contribution in [0.1, 0.15) is 25.0 Å². The van der Waals surface area contributed by atoms with Gasteiger partial charge in [0, 0.05) is 33.1 Å². The molecule has 7 aromatic carbocycles. The van der Waals surface area contributed by atoms with Gasteiger partial charge in [-0.3, -0.25) is 0 Å². The first-order chi connectivity index (χ1) is 27.0. The number of hydrogen-bond donors (Lipinski definition) is 0. The van der Waals surface area contributed by atoms with Crippen molar-refractivity contribution in [1.82, 2.24) is 15.0 Å². The van der Waals surface area contributed by atoms with E-state index >= 15 is 0 Å². The molecule has 0 unspecified atom stereocenters. The Kier molecular flexibility index (Phi) is 7.81. The van der Waals surface area contributed by atoms with Gasteiger partial charge in [-0.1, -0.05) is 166 Å². The Morgan fingerprint density at radius 3 is 1.42 bits per heavy atom. The van der Waals surface area contributed by atoms with Crippen molar-refractivity contribution in [3.63, 3.8) is 0 Å². The fourth-order valence-corrected chi connectivity index (χ4v) is 8.20. The van der Waals surface area contributed by atoms with E-state index in [4.69, 9.17) is 15.0 Å². The maximum absolute atomic E-state index is 5.43. The van der Waals surface area contributed by atoms with Gasteiger partial charge in [0.15, 0.2) is 5.82 Å². The lowest BCUT2D eigenvalue weighted by atomic mass is 9.82. The molecule has 0 fully saturated rings. The van der Waals surface area contributed by atoms with Crippen LogP contribution in [0.5, 0.6) is 0 Å². The van der Waals surface area contributed by atoms with Crippen molar-refractivity contribution >= 4 is 10.9 Å². The molecule has 1 aliphatic carbocycles. The number of nitrogens with zero attached hydrogens (tertiary/aromatic N) is 3. The zero-order valence-electron chi connectivity index (χ0n) is 30.7. The summed E-state index contributed by atoms with van der Waals surface area (Å²) in [5.41, 5.74) is 17.2. The van der Waals surface area contributed by atoms with Crippen molar-refractivity contribution in [2.24, 2.45) is 0 Å². The molecule has 10 rings (SSSR count). The van der Waals surface area contributed by atoms with E-state index in [9.17, 15) is 0 Å². The summed E-state index contributed by atoms with van der Waals surface area (Å²) in [5, 5.41) is 1.03. The first-order valence-electron chi connectivity index (χ1n) is 18.9. The predicted octanol–water partition coefficient (Wildman–Crippen LogP) is 13.3. The first-order valence-corrected chi connectivity index (χ1v) is 18.9. The molecule has 0 amide bonds. The fourth-order valence-electron chi connectivity index (χ4n) is 8.20. The second-order valence-corrected chi connectivity index (χ2v) is 14.9. The molecular weight excluding hydrogens is 667 g/mol. The van der Waals surface area contributed by atoms with Crippen molar-refractivity contribution in [3.05, 3.63) is 199 Å². The molecule has 55 heavy (non-hydrogen) atoms. The van der Waals surface area contributed by atoms with E-state index < -0.39 is 0 Å². The van der Waals surface area contributed by atoms with E-state index in [-0.39, 0.29) is 5.41 Å². The number of fused-ring (bicyclic) bond motifs is 4. The Morgan fingerprint density at radius 2 is 0.818 bits per heavy atom. The van der Waals surface area contributed by atoms with Gasteiger partial charge in [-0.15, -0.1) is 0 Å². The van der Waals surface area contributed by atoms with Gasteiger partial charge < -0.3 is 0 Å². The number of benzene rings is 7. The molecule has 2 aromatic heterocycles. The lowest BCUT2D eigenvalue weighted by Crippen LogP contribution is -2.14. The number of pyridine rings is 1. The van der Waals surface area contributed by atoms with E-state index in [0.717, 1.165) is 61.4 Å². The van der Waals surface area contributed by atoms with Gasteiger partial charge >= 0.3 is 0 Å². The van der Waals surface area contributed by atoms with Crippen LogP contribution >= 0.6 is 0 Å². The van der Waals surface area contributed by atoms with Gasteiger partial charge in [-0.25, -0.2) is 15.0 Å². The molecule has 3 nitrogen and oxygen atoms in total. The molecule has 0 saturated heterocycles. The minimum Gasteiger partial charge on any atom is -0.248 e. The van der Waals surface area contributed by atoms with Crippen LogP contribution in [0.15, 0.2) is 188 Å². The maximum atomic E-state index is 5.43. The zero-order valence-corrected chi connectivity index (χ0v) is 30.7. The van der Waals surface area contributed by atoms with Crippen molar-refractivity contribution in [2.75, 3.05) is 0 Å². The summed E-state index contributed by atoms with van der Waals surface area (Å²) in [6.07, 6.45) is 0. The number of aromatic nitrogens is 3. The van der Waals surface area contributed by atoms with Crippen LogP contribution in [-0.2, 0) is 5.41 Å². The van der Waals surface area contributed by atoms with Crippen molar-refractivity contribution in [2.45, 2.75) is 19.3 Å². The summed E-state index contributed by atoms with van der Waals surface area (Å²) in [5.74, 6) is 0.665. The second-order valence-electron chi connectivity index (χ2n) is 14.9. The van der Waals surface area contributed by atoms with Crippen LogP contribution in [0.25, 0.3) is 89.4 Å². The number of rotatable bonds is 6. The smallest absolute Gasteiger partial charge is 0.161 e. The van der Waals surface area contributed by atoms with E-state index in [2.05, 4.69) is 196 Å². The molecule has 0 atom stereocenters. The predicted molar refractivity (Wildman–Crippen MR) is 228 cm³/mol. The summed E-state index contributed by atoms with van der Waals surface area (Å²) in [6.45, 7) is 4.63. The van der Waals surface area contributed by atoms with Gasteiger partial charge in [0.05, 0.1) is 22.6 Å². The van der Waals surface area contributed by atoms with E-state index in [1.165, 1.54) is 33.4 Å². The lowest BCUT2D eigenvalue weighted by Gasteiger charge is -2.22. The van der Waals surface area contributed by atoms with E-state index in [1.807, 2.05) is 6.07 Å². The largest absolute Gasteiger partial charge is 0.248 e. The standard InChI is InChI=1S/C52H37N3/c1-52(2)45-27-13-12-26-41(45)42-30-43-44(31-47(36-20-10-5-11-21-36)53-50(43)32-46(42)52)51-54-48(39-24-14-22-37(28-39)34-16-6-3-7-17-34)33-49(55-51)40-25-15-23-38(29-40)35-18-8-4-9-19-35/h3-33H,1-2H3. The lowest BCUT2D eigenvalue weighted by molar-refractivity contribution is 0.661. The van der Waals surface area contributed by atoms with Gasteiger partial charge in [-0.05, 0) is 80.9 Å². The molecule has 3 heteroatoms. The van der Waals surface area contributed by atoms with Crippen molar-refractivity contribution < 1.29 is 0 Å². The SMILES string of the molecule is CC1(C)c2ccccc2-c2cc3c(-c4nc(-c5cccc(-c6ccccc6)c5)cc(-c5cccc(-c6ccccc6)c5)n4)cc(-c4ccccc4)nc3cc21. The van der Waals surface area contributed by atoms with Crippen LogP contribution in [0, 0.1) is 0 Å². The molecule has 0 saturated carbocycles. The molecule has 0 aliphatic heterocycles. The van der Waals surface area contributed by atoms with Gasteiger partial charge in [-0.2, -0.15) is 0 Å². The van der Waals surface area contributed by atoms with Crippen molar-refractivity contribution in [1.29, 1.82) is 0 Å². The van der Waals surface area contributed by atoms with Gasteiger partial charge in [0.25, 0.3) is 0 Å². The van der Waals surface area contributed by atoms with Gasteiger partial charge in [0.2, 0.25) is 0 Å². The Balaban J connectivity index is 1.24. The number of hydrogen-bond acceptors (Lipinski definition) is 3. The third kappa shape index (κ3) is 5.82. The van der Waals surface area contributed by atoms with Crippen molar-refractivity contribution in [3.8, 4) is 78.5 Å². The van der Waals surface area contributed by atoms with Crippen LogP contribution < -0.4 is 0 Å². The first kappa shape index (κ1) is 32.7. The summed E-state index contributed by atoms with van der Waals surface area (Å²) >= 11 is 0. The Morgan fingerprint density at radius 1 is 0.327 bits per heavy atom. The normalized spacial score (nSPS) is 12.7. The highest BCUT2D eigenvalue weighted by atomic mass is 14.9. The Bertz CT molecular complexity index is 2780. The molecule has 0 radical (unpaired) electrons. The molecule has 2 heterocycles. The Labute approximate surface area is 321 Å². The summed E-state index contributed by atoms with van der Waals surface area (Å²) < 4.78 is 0. The van der Waals surface area contributed by atoms with Crippen LogP contribution in [0.2, 0.25) is 0 Å². The molecular formula is C52H37N3. The zero-order chi connectivity index (χ0) is 36.9. The molecule has 260 valence electrons. The Hall–Kier alpha value is -6.97. The minimum absolute atomic E-state index is 0.151. The second kappa shape index (κ2) is 13.2. The van der Waals surface area contributed by atoms with Crippen LogP contribution in [-0.4, -0.2) is 15.0 Å². The van der Waals surface area contributed by atoms with Crippen LogP contribution in [0.3, 0.4) is 0 Å². The highest BCUT2D eigenvalue weighted by Gasteiger charge is 2.36. The summed E-state index contributed by atoms with van der Waals surface area (Å²) in [4.78, 5) is 16.2. The summed E-state index contributed by atoms with van der Waals surface area (Å²) in [6, 6.07) is 66.5. The monoisotopic (exact) mass is 703 g/mol. The summed E-state index contributed by atoms with van der Waals surface area (Å²) in [7, 11) is 0. The molecule has 0 bridgehead atoms. The third-order valence-corrected chi connectivity index (χ3v) is 11.1. The van der Waals surface area contributed by atoms with E-state index in [0.29, 0.717) is 5.82 Å². The van der Waals surface area contributed by atoms with Gasteiger partial charge in [0.1, 0.15) is 0 Å². The third-order valence-electron chi connectivity index (χ3n) is 11.1. The average molecular weight is 704 g/mol. The topological polar surface area (TPSA) is 38.7 Å². The highest BCUT2D eigenvalue weighted by molar-refractivity contribution is 6.01. The fraction of sp³-hybridized carbons (Fsp3) is 0.0577. The average Bonchev–Trinajstić information content (AvgIpc) is 3.48. The molecule has 0 N–H and O–H groups in total. The van der Waals surface area contributed by atoms with E-state index in [1.54, 1.807) is 0 Å². The molecule has 0 spiro atoms. The maximum Gasteiger partial charge on any atom is 0.161 e. The minimum atomic E-state index is -0.151. The molecule has 1 aliphatic rings. The molecule has 9 aromatic rings. The van der Waals surface area contributed by atoms with Crippen LogP contribution in [0.4, 0.5) is 0 Å².